The molecule has 0 bridgehead atoms. The molecule has 0 amide bonds. The maximum atomic E-state index is 6.46. The minimum atomic E-state index is 0.235. The lowest BCUT2D eigenvalue weighted by Crippen LogP contribution is -2.43. The van der Waals surface area contributed by atoms with Crippen molar-refractivity contribution in [2.75, 3.05) is 53.6 Å². The molecule has 1 atom stereocenters. The van der Waals surface area contributed by atoms with Crippen molar-refractivity contribution < 1.29 is 9.47 Å². The van der Waals surface area contributed by atoms with Gasteiger partial charge in [-0.3, -0.25) is 0 Å². The molecule has 298 valence electrons. The lowest BCUT2D eigenvalue weighted by atomic mass is 10.0. The van der Waals surface area contributed by atoms with Gasteiger partial charge in [0.25, 0.3) is 0 Å². The predicted octanol–water partition coefficient (Wildman–Crippen LogP) is 13.4. The number of nitrogens with zero attached hydrogens (tertiary/aromatic N) is 2. The number of hydrogen-bond acceptors (Lipinski definition) is 4. The molecule has 0 N–H and O–H groups in total. The van der Waals surface area contributed by atoms with Gasteiger partial charge in [0, 0.05) is 25.8 Å². The molecule has 0 aromatic heterocycles. The third-order valence-electron chi connectivity index (χ3n) is 10.5. The molecule has 1 fully saturated rings. The fourth-order valence-corrected chi connectivity index (χ4v) is 6.95. The van der Waals surface area contributed by atoms with E-state index in [1.807, 2.05) is 0 Å². The Balaban J connectivity index is 2.13. The van der Waals surface area contributed by atoms with Crippen LogP contribution in [0.15, 0.2) is 48.6 Å². The normalized spacial score (nSPS) is 15.6. The summed E-state index contributed by atoms with van der Waals surface area (Å²) in [6.45, 7) is 10.6. The standard InChI is InChI=1S/C47H88N2O2/c1-5-7-9-11-13-15-17-19-21-23-25-27-29-31-33-35-43-50-45-47(39-42-49-40-37-46(38-41-49)48(3)4)51-44-36-34-32-30-28-26-24-22-20-18-16-14-12-10-8-6-2/h13-16,19-22,46-47H,5-12,17-18,23-45H2,1-4H3/b15-13+,16-14+,21-19+,22-20+. The second kappa shape index (κ2) is 38.5. The Kier molecular flexibility index (Phi) is 36.1. The van der Waals surface area contributed by atoms with E-state index >= 15 is 0 Å². The van der Waals surface area contributed by atoms with Crippen LogP contribution in [0.3, 0.4) is 0 Å². The Labute approximate surface area is 320 Å². The van der Waals surface area contributed by atoms with Crippen molar-refractivity contribution in [1.29, 1.82) is 0 Å². The van der Waals surface area contributed by atoms with E-state index < -0.39 is 0 Å². The number of hydrogen-bond donors (Lipinski definition) is 0. The molecule has 0 saturated carbocycles. The summed E-state index contributed by atoms with van der Waals surface area (Å²) in [5.74, 6) is 0. The Morgan fingerprint density at radius 2 is 0.980 bits per heavy atom. The fourth-order valence-electron chi connectivity index (χ4n) is 6.95. The van der Waals surface area contributed by atoms with Crippen LogP contribution in [-0.4, -0.2) is 75.5 Å². The van der Waals surface area contributed by atoms with Crippen LogP contribution in [0, 0.1) is 0 Å². The molecule has 4 heteroatoms. The Morgan fingerprint density at radius 1 is 0.549 bits per heavy atom. The van der Waals surface area contributed by atoms with Crippen LogP contribution in [0.5, 0.6) is 0 Å². The lowest BCUT2D eigenvalue weighted by Gasteiger charge is -2.35. The fraction of sp³-hybridized carbons (Fsp3) is 0.830. The topological polar surface area (TPSA) is 24.9 Å². The molecule has 0 aromatic carbocycles. The maximum absolute atomic E-state index is 6.46. The molecule has 0 aliphatic carbocycles. The number of unbranched alkanes of at least 4 members (excludes halogenated alkanes) is 18. The Hall–Kier alpha value is -1.20. The smallest absolute Gasteiger partial charge is 0.0820 e. The Bertz CT molecular complexity index is 811. The summed E-state index contributed by atoms with van der Waals surface area (Å²) >= 11 is 0. The van der Waals surface area contributed by atoms with Crippen molar-refractivity contribution in [3.8, 4) is 0 Å². The summed E-state index contributed by atoms with van der Waals surface area (Å²) in [6.07, 6.45) is 53.6. The van der Waals surface area contributed by atoms with Crippen LogP contribution >= 0.6 is 0 Å². The van der Waals surface area contributed by atoms with Gasteiger partial charge >= 0.3 is 0 Å². The molecule has 0 spiro atoms. The van der Waals surface area contributed by atoms with Crippen molar-refractivity contribution in [3.63, 3.8) is 0 Å². The van der Waals surface area contributed by atoms with Crippen molar-refractivity contribution in [2.45, 2.75) is 199 Å². The number of rotatable bonds is 37. The van der Waals surface area contributed by atoms with Gasteiger partial charge in [-0.25, -0.2) is 0 Å². The van der Waals surface area contributed by atoms with Crippen LogP contribution < -0.4 is 0 Å². The van der Waals surface area contributed by atoms with Gasteiger partial charge in [-0.05, 0) is 123 Å². The largest absolute Gasteiger partial charge is 0.379 e. The minimum absolute atomic E-state index is 0.235. The van der Waals surface area contributed by atoms with Crippen molar-refractivity contribution >= 4 is 0 Å². The molecule has 1 rings (SSSR count). The average molecular weight is 713 g/mol. The van der Waals surface area contributed by atoms with Crippen molar-refractivity contribution in [3.05, 3.63) is 48.6 Å². The highest BCUT2D eigenvalue weighted by Crippen LogP contribution is 2.16. The van der Waals surface area contributed by atoms with Gasteiger partial charge in [0.2, 0.25) is 0 Å². The van der Waals surface area contributed by atoms with Gasteiger partial charge in [0.15, 0.2) is 0 Å². The summed E-state index contributed by atoms with van der Waals surface area (Å²) in [4.78, 5) is 5.05. The molecule has 0 radical (unpaired) electrons. The third kappa shape index (κ3) is 33.1. The van der Waals surface area contributed by atoms with Crippen LogP contribution in [0.1, 0.15) is 187 Å². The molecule has 1 saturated heterocycles. The molecule has 1 heterocycles. The molecule has 51 heavy (non-hydrogen) atoms. The van der Waals surface area contributed by atoms with Crippen LogP contribution in [0.4, 0.5) is 0 Å². The first-order valence-electron chi connectivity index (χ1n) is 22.3. The third-order valence-corrected chi connectivity index (χ3v) is 10.5. The summed E-state index contributed by atoms with van der Waals surface area (Å²) in [7, 11) is 4.45. The second-order valence-corrected chi connectivity index (χ2v) is 15.6. The summed E-state index contributed by atoms with van der Waals surface area (Å²) in [6, 6.07) is 0.745. The van der Waals surface area contributed by atoms with Crippen LogP contribution in [0.2, 0.25) is 0 Å². The molecular formula is C47H88N2O2. The van der Waals surface area contributed by atoms with E-state index in [-0.39, 0.29) is 6.10 Å². The van der Waals surface area contributed by atoms with E-state index in [1.54, 1.807) is 0 Å². The zero-order chi connectivity index (χ0) is 36.7. The quantitative estimate of drug-likeness (QED) is 0.0473. The molecular weight excluding hydrogens is 625 g/mol. The first-order valence-corrected chi connectivity index (χ1v) is 22.3. The lowest BCUT2D eigenvalue weighted by molar-refractivity contribution is -0.0275. The van der Waals surface area contributed by atoms with E-state index in [1.165, 1.54) is 167 Å². The molecule has 0 aromatic rings. The minimum Gasteiger partial charge on any atom is -0.379 e. The molecule has 1 unspecified atom stereocenters. The number of likely N-dealkylation sites (tertiary alicyclic amines) is 1. The summed E-state index contributed by atoms with van der Waals surface area (Å²) < 4.78 is 12.7. The van der Waals surface area contributed by atoms with Gasteiger partial charge in [-0.2, -0.15) is 0 Å². The Morgan fingerprint density at radius 3 is 1.45 bits per heavy atom. The average Bonchev–Trinajstić information content (AvgIpc) is 3.14. The van der Waals surface area contributed by atoms with E-state index in [9.17, 15) is 0 Å². The number of ether oxygens (including phenoxy) is 2. The van der Waals surface area contributed by atoms with Gasteiger partial charge in [0.05, 0.1) is 12.7 Å². The van der Waals surface area contributed by atoms with E-state index in [0.29, 0.717) is 0 Å². The molecule has 1 aliphatic rings. The molecule has 4 nitrogen and oxygen atoms in total. The highest BCUT2D eigenvalue weighted by atomic mass is 16.5. The monoisotopic (exact) mass is 713 g/mol. The second-order valence-electron chi connectivity index (χ2n) is 15.6. The molecule has 1 aliphatic heterocycles. The summed E-state index contributed by atoms with van der Waals surface area (Å²) in [5, 5.41) is 0. The predicted molar refractivity (Wildman–Crippen MR) is 227 cm³/mol. The van der Waals surface area contributed by atoms with Crippen LogP contribution in [0.25, 0.3) is 0 Å². The summed E-state index contributed by atoms with van der Waals surface area (Å²) in [5.41, 5.74) is 0. The highest BCUT2D eigenvalue weighted by Gasteiger charge is 2.21. The zero-order valence-corrected chi connectivity index (χ0v) is 34.8. The van der Waals surface area contributed by atoms with Gasteiger partial charge in [-0.15, -0.1) is 0 Å². The SMILES string of the molecule is CCCCC/C=C/C/C=C/CCCCCCCCOCC(CCN1CCC(N(C)C)CC1)OCCCCCCCC/C=C/C/C=C/CCCCC. The van der Waals surface area contributed by atoms with Gasteiger partial charge < -0.3 is 19.3 Å². The number of piperidine rings is 1. The highest BCUT2D eigenvalue weighted by molar-refractivity contribution is 4.93. The van der Waals surface area contributed by atoms with E-state index in [4.69, 9.17) is 9.47 Å². The van der Waals surface area contributed by atoms with Gasteiger partial charge in [0.1, 0.15) is 0 Å². The van der Waals surface area contributed by atoms with E-state index in [2.05, 4.69) is 86.4 Å². The van der Waals surface area contributed by atoms with Crippen molar-refractivity contribution in [2.24, 2.45) is 0 Å². The van der Waals surface area contributed by atoms with Crippen LogP contribution in [-0.2, 0) is 9.47 Å². The first kappa shape index (κ1) is 47.8. The van der Waals surface area contributed by atoms with Crippen molar-refractivity contribution in [1.82, 2.24) is 9.80 Å². The first-order chi connectivity index (χ1) is 25.2. The number of allylic oxidation sites excluding steroid dienone is 8. The van der Waals surface area contributed by atoms with E-state index in [0.717, 1.165) is 51.7 Å². The maximum Gasteiger partial charge on any atom is 0.0820 e. The van der Waals surface area contributed by atoms with Gasteiger partial charge in [-0.1, -0.05) is 140 Å². The zero-order valence-electron chi connectivity index (χ0n) is 34.8.